The average molecular weight is 406 g/mol. The molecule has 0 unspecified atom stereocenters. The van der Waals surface area contributed by atoms with E-state index in [1.807, 2.05) is 28.9 Å². The molecule has 0 bridgehead atoms. The molecule has 2 aromatic carbocycles. The van der Waals surface area contributed by atoms with E-state index < -0.39 is 0 Å². The molecule has 2 heterocycles. The van der Waals surface area contributed by atoms with Gasteiger partial charge in [0.15, 0.2) is 0 Å². The lowest BCUT2D eigenvalue weighted by molar-refractivity contribution is -0.116. The topological polar surface area (TPSA) is 36.4 Å². The Hall–Kier alpha value is -2.37. The van der Waals surface area contributed by atoms with Crippen molar-refractivity contribution >= 4 is 34.3 Å². The van der Waals surface area contributed by atoms with Crippen LogP contribution < -0.4 is 4.90 Å². The number of nitrogens with zero attached hydrogens (tertiary/aromatic N) is 3. The van der Waals surface area contributed by atoms with Crippen LogP contribution in [0.25, 0.3) is 10.9 Å². The number of carbonyl (C=O) groups excluding carboxylic acids is 1. The van der Waals surface area contributed by atoms with Gasteiger partial charge in [-0.2, -0.15) is 0 Å². The standard InChI is InChI=1S/C24H27N3OS/c1-18(2)15-26-16-24(28)27(17-26)20-9-7-19(8-10-20)12-14-29-23-11-13-25-22-6-4-3-5-21(22)23/h3-11,13,18H,12,14-17H2,1-2H3. The van der Waals surface area contributed by atoms with E-state index in [0.29, 0.717) is 19.1 Å². The van der Waals surface area contributed by atoms with Gasteiger partial charge in [-0.3, -0.25) is 19.6 Å². The fraction of sp³-hybridized carbons (Fsp3) is 0.333. The minimum atomic E-state index is 0.193. The molecule has 3 aromatic rings. The summed E-state index contributed by atoms with van der Waals surface area (Å²) >= 11 is 1.87. The van der Waals surface area contributed by atoms with Crippen LogP contribution in [0.5, 0.6) is 0 Å². The van der Waals surface area contributed by atoms with Gasteiger partial charge in [0.2, 0.25) is 5.91 Å². The third-order valence-corrected chi connectivity index (χ3v) is 6.21. The van der Waals surface area contributed by atoms with Crippen molar-refractivity contribution in [2.24, 2.45) is 5.92 Å². The van der Waals surface area contributed by atoms with E-state index in [0.717, 1.165) is 29.9 Å². The minimum absolute atomic E-state index is 0.193. The Morgan fingerprint density at radius 2 is 1.86 bits per heavy atom. The number of amides is 1. The lowest BCUT2D eigenvalue weighted by Crippen LogP contribution is -2.28. The van der Waals surface area contributed by atoms with Gasteiger partial charge >= 0.3 is 0 Å². The summed E-state index contributed by atoms with van der Waals surface area (Å²) in [6.45, 7) is 6.56. The highest BCUT2D eigenvalue weighted by Crippen LogP contribution is 2.27. The first-order valence-electron chi connectivity index (χ1n) is 10.2. The Balaban J connectivity index is 1.35. The van der Waals surface area contributed by atoms with Gasteiger partial charge in [0.1, 0.15) is 0 Å². The highest BCUT2D eigenvalue weighted by molar-refractivity contribution is 7.99. The molecule has 4 rings (SSSR count). The predicted molar refractivity (Wildman–Crippen MR) is 121 cm³/mol. The maximum atomic E-state index is 12.4. The van der Waals surface area contributed by atoms with Crippen LogP contribution in [0.3, 0.4) is 0 Å². The number of rotatable bonds is 7. The van der Waals surface area contributed by atoms with Crippen LogP contribution in [0.2, 0.25) is 0 Å². The van der Waals surface area contributed by atoms with E-state index in [1.165, 1.54) is 15.8 Å². The molecule has 0 N–H and O–H groups in total. The molecule has 1 aliphatic rings. The Kier molecular flexibility index (Phi) is 6.16. The Morgan fingerprint density at radius 3 is 2.66 bits per heavy atom. The lowest BCUT2D eigenvalue weighted by Gasteiger charge is -2.19. The molecule has 4 nitrogen and oxygen atoms in total. The van der Waals surface area contributed by atoms with Crippen molar-refractivity contribution < 1.29 is 4.79 Å². The summed E-state index contributed by atoms with van der Waals surface area (Å²) in [6, 6.07) is 18.8. The minimum Gasteiger partial charge on any atom is -0.298 e. The van der Waals surface area contributed by atoms with Crippen LogP contribution in [0.4, 0.5) is 5.69 Å². The third kappa shape index (κ3) is 4.80. The first-order chi connectivity index (χ1) is 14.1. The molecule has 0 saturated carbocycles. The third-order valence-electron chi connectivity index (χ3n) is 5.13. The second-order valence-corrected chi connectivity index (χ2v) is 9.10. The molecule has 1 aromatic heterocycles. The molecule has 1 saturated heterocycles. The first-order valence-corrected chi connectivity index (χ1v) is 11.2. The highest BCUT2D eigenvalue weighted by Gasteiger charge is 2.28. The molecule has 0 aliphatic carbocycles. The predicted octanol–water partition coefficient (Wildman–Crippen LogP) is 4.83. The Bertz CT molecular complexity index is 982. The summed E-state index contributed by atoms with van der Waals surface area (Å²) in [5, 5.41) is 1.22. The van der Waals surface area contributed by atoms with Gasteiger partial charge in [-0.05, 0) is 42.2 Å². The van der Waals surface area contributed by atoms with Crippen molar-refractivity contribution in [1.82, 2.24) is 9.88 Å². The number of thioether (sulfide) groups is 1. The van der Waals surface area contributed by atoms with Crippen molar-refractivity contribution in [3.63, 3.8) is 0 Å². The first kappa shape index (κ1) is 19.9. The number of hydrogen-bond donors (Lipinski definition) is 0. The molecular weight excluding hydrogens is 378 g/mol. The highest BCUT2D eigenvalue weighted by atomic mass is 32.2. The van der Waals surface area contributed by atoms with Crippen molar-refractivity contribution in [3.8, 4) is 0 Å². The summed E-state index contributed by atoms with van der Waals surface area (Å²) in [5.41, 5.74) is 3.34. The largest absolute Gasteiger partial charge is 0.298 e. The summed E-state index contributed by atoms with van der Waals surface area (Å²) in [6.07, 6.45) is 2.88. The number of aromatic nitrogens is 1. The van der Waals surface area contributed by atoms with E-state index >= 15 is 0 Å². The maximum Gasteiger partial charge on any atom is 0.242 e. The van der Waals surface area contributed by atoms with Crippen molar-refractivity contribution in [2.75, 3.05) is 30.4 Å². The Morgan fingerprint density at radius 1 is 1.07 bits per heavy atom. The van der Waals surface area contributed by atoms with Crippen LogP contribution in [0, 0.1) is 5.92 Å². The SMILES string of the molecule is CC(C)CN1CC(=O)N(c2ccc(CCSc3ccnc4ccccc34)cc2)C1. The number of carbonyl (C=O) groups is 1. The number of benzene rings is 2. The van der Waals surface area contributed by atoms with Crippen LogP contribution >= 0.6 is 11.8 Å². The Labute approximate surface area is 176 Å². The van der Waals surface area contributed by atoms with Crippen molar-refractivity contribution in [3.05, 3.63) is 66.4 Å². The number of anilines is 1. The van der Waals surface area contributed by atoms with Crippen LogP contribution in [-0.2, 0) is 11.2 Å². The van der Waals surface area contributed by atoms with Gasteiger partial charge in [0, 0.05) is 34.5 Å². The summed E-state index contributed by atoms with van der Waals surface area (Å²) in [4.78, 5) is 22.2. The summed E-state index contributed by atoms with van der Waals surface area (Å²) in [7, 11) is 0. The second kappa shape index (κ2) is 8.97. The fourth-order valence-corrected chi connectivity index (χ4v) is 4.83. The zero-order valence-electron chi connectivity index (χ0n) is 17.0. The summed E-state index contributed by atoms with van der Waals surface area (Å²) < 4.78 is 0. The number of pyridine rings is 1. The molecule has 1 fully saturated rings. The quantitative estimate of drug-likeness (QED) is 0.528. The van der Waals surface area contributed by atoms with Gasteiger partial charge < -0.3 is 0 Å². The van der Waals surface area contributed by atoms with Gasteiger partial charge in [-0.1, -0.05) is 44.2 Å². The van der Waals surface area contributed by atoms with Crippen LogP contribution in [-0.4, -0.2) is 41.3 Å². The van der Waals surface area contributed by atoms with E-state index in [1.54, 1.807) is 0 Å². The van der Waals surface area contributed by atoms with Gasteiger partial charge in [0.25, 0.3) is 0 Å². The molecule has 5 heteroatoms. The number of fused-ring (bicyclic) bond motifs is 1. The number of hydrogen-bond acceptors (Lipinski definition) is 4. The van der Waals surface area contributed by atoms with Crippen molar-refractivity contribution in [2.45, 2.75) is 25.2 Å². The van der Waals surface area contributed by atoms with Gasteiger partial charge in [-0.25, -0.2) is 0 Å². The van der Waals surface area contributed by atoms with Gasteiger partial charge in [-0.15, -0.1) is 11.8 Å². The normalized spacial score (nSPS) is 15.0. The maximum absolute atomic E-state index is 12.4. The molecular formula is C24H27N3OS. The molecule has 0 atom stereocenters. The second-order valence-electron chi connectivity index (χ2n) is 7.96. The monoisotopic (exact) mass is 405 g/mol. The van der Waals surface area contributed by atoms with Crippen molar-refractivity contribution in [1.29, 1.82) is 0 Å². The zero-order valence-corrected chi connectivity index (χ0v) is 17.9. The summed E-state index contributed by atoms with van der Waals surface area (Å²) in [5.74, 6) is 1.77. The molecule has 29 heavy (non-hydrogen) atoms. The lowest BCUT2D eigenvalue weighted by atomic mass is 10.1. The van der Waals surface area contributed by atoms with E-state index in [2.05, 4.69) is 72.3 Å². The van der Waals surface area contributed by atoms with E-state index in [-0.39, 0.29) is 5.91 Å². The molecule has 1 amide bonds. The molecule has 0 radical (unpaired) electrons. The van der Waals surface area contributed by atoms with Crippen LogP contribution in [0.1, 0.15) is 19.4 Å². The number of aryl methyl sites for hydroxylation is 1. The van der Waals surface area contributed by atoms with Gasteiger partial charge in [0.05, 0.1) is 18.7 Å². The average Bonchev–Trinajstić information content (AvgIpc) is 3.08. The fourth-order valence-electron chi connectivity index (χ4n) is 3.79. The molecule has 1 aliphatic heterocycles. The zero-order chi connectivity index (χ0) is 20.2. The van der Waals surface area contributed by atoms with E-state index in [9.17, 15) is 4.79 Å². The molecule has 150 valence electrons. The van der Waals surface area contributed by atoms with E-state index in [4.69, 9.17) is 0 Å². The number of para-hydroxylation sites is 1. The smallest absolute Gasteiger partial charge is 0.242 e. The molecule has 0 spiro atoms. The van der Waals surface area contributed by atoms with Crippen LogP contribution in [0.15, 0.2) is 65.7 Å².